The highest BCUT2D eigenvalue weighted by molar-refractivity contribution is 5.94. The highest BCUT2D eigenvalue weighted by Gasteiger charge is 2.32. The van der Waals surface area contributed by atoms with Gasteiger partial charge in [-0.1, -0.05) is 26.0 Å². The molecular formula is C26H32N4O3. The minimum absolute atomic E-state index is 0.0121. The lowest BCUT2D eigenvalue weighted by Crippen LogP contribution is -2.48. The highest BCUT2D eigenvalue weighted by atomic mass is 16.3. The summed E-state index contributed by atoms with van der Waals surface area (Å²) in [6.45, 7) is 5.92. The number of nitrogens with zero attached hydrogens (tertiary/aromatic N) is 2. The lowest BCUT2D eigenvalue weighted by Gasteiger charge is -2.25. The summed E-state index contributed by atoms with van der Waals surface area (Å²) in [5, 5.41) is 6.35. The van der Waals surface area contributed by atoms with Crippen LogP contribution in [0.5, 0.6) is 0 Å². The summed E-state index contributed by atoms with van der Waals surface area (Å²) in [6, 6.07) is 15.2. The van der Waals surface area contributed by atoms with Crippen LogP contribution >= 0.6 is 0 Å². The van der Waals surface area contributed by atoms with E-state index in [1.807, 2.05) is 76.3 Å². The standard InChI is InChI=1S/C26H32N4O3/c1-16(2)27-17(3)24(31)28-20-13-14-21(15-20)30(4)26(32)19-11-9-18(10-12-19)25-29-22-7-5-6-8-23(22)33-25/h5-12,16-17,20-21,27H,13-15H2,1-4H3,(H,28,31)/t17-,20+,21?/m1/s1. The number of hydrogen-bond acceptors (Lipinski definition) is 5. The first kappa shape index (κ1) is 23.0. The number of hydrogen-bond donors (Lipinski definition) is 2. The third kappa shape index (κ3) is 5.25. The van der Waals surface area contributed by atoms with E-state index in [0.29, 0.717) is 11.5 Å². The molecule has 1 heterocycles. The first-order valence-corrected chi connectivity index (χ1v) is 11.6. The number of nitrogens with one attached hydrogen (secondary N) is 2. The van der Waals surface area contributed by atoms with E-state index >= 15 is 0 Å². The Morgan fingerprint density at radius 3 is 2.48 bits per heavy atom. The molecule has 33 heavy (non-hydrogen) atoms. The molecule has 1 unspecified atom stereocenters. The van der Waals surface area contributed by atoms with Crippen molar-refractivity contribution < 1.29 is 14.0 Å². The van der Waals surface area contributed by atoms with E-state index < -0.39 is 0 Å². The van der Waals surface area contributed by atoms with Gasteiger partial charge in [0, 0.05) is 36.3 Å². The van der Waals surface area contributed by atoms with Gasteiger partial charge in [-0.3, -0.25) is 9.59 Å². The van der Waals surface area contributed by atoms with Gasteiger partial charge in [0.25, 0.3) is 5.91 Å². The second kappa shape index (κ2) is 9.75. The second-order valence-corrected chi connectivity index (χ2v) is 9.20. The molecule has 2 amide bonds. The van der Waals surface area contributed by atoms with Gasteiger partial charge < -0.3 is 20.0 Å². The van der Waals surface area contributed by atoms with Gasteiger partial charge in [0.15, 0.2) is 5.58 Å². The summed E-state index contributed by atoms with van der Waals surface area (Å²) in [5.74, 6) is 0.531. The summed E-state index contributed by atoms with van der Waals surface area (Å²) in [7, 11) is 1.84. The maximum absolute atomic E-state index is 13.1. The number of benzene rings is 2. The maximum Gasteiger partial charge on any atom is 0.253 e. The number of oxazole rings is 1. The van der Waals surface area contributed by atoms with Crippen molar-refractivity contribution in [1.29, 1.82) is 0 Å². The van der Waals surface area contributed by atoms with Crippen molar-refractivity contribution in [1.82, 2.24) is 20.5 Å². The number of aromatic nitrogens is 1. The van der Waals surface area contributed by atoms with E-state index in [1.54, 1.807) is 4.90 Å². The van der Waals surface area contributed by atoms with Gasteiger partial charge in [0.05, 0.1) is 6.04 Å². The molecule has 4 rings (SSSR count). The molecule has 1 saturated carbocycles. The van der Waals surface area contributed by atoms with E-state index in [9.17, 15) is 9.59 Å². The fraction of sp³-hybridized carbons (Fsp3) is 0.423. The van der Waals surface area contributed by atoms with Crippen molar-refractivity contribution in [2.24, 2.45) is 0 Å². The molecule has 1 aromatic heterocycles. The molecule has 174 valence electrons. The lowest BCUT2D eigenvalue weighted by atomic mass is 10.1. The fourth-order valence-electron chi connectivity index (χ4n) is 4.46. The Morgan fingerprint density at radius 2 is 1.79 bits per heavy atom. The molecule has 2 aromatic carbocycles. The van der Waals surface area contributed by atoms with Gasteiger partial charge in [0.2, 0.25) is 11.8 Å². The molecule has 0 saturated heterocycles. The van der Waals surface area contributed by atoms with Crippen LogP contribution in [0.1, 0.15) is 50.4 Å². The lowest BCUT2D eigenvalue weighted by molar-refractivity contribution is -0.123. The molecule has 0 radical (unpaired) electrons. The maximum atomic E-state index is 13.1. The highest BCUT2D eigenvalue weighted by Crippen LogP contribution is 2.27. The van der Waals surface area contributed by atoms with Crippen LogP contribution in [-0.4, -0.2) is 52.9 Å². The average molecular weight is 449 g/mol. The molecule has 3 aromatic rings. The molecule has 1 aliphatic rings. The first-order chi connectivity index (χ1) is 15.8. The number of carbonyl (C=O) groups excluding carboxylic acids is 2. The first-order valence-electron chi connectivity index (χ1n) is 11.6. The Balaban J connectivity index is 1.35. The van der Waals surface area contributed by atoms with Gasteiger partial charge in [-0.2, -0.15) is 0 Å². The SMILES string of the molecule is CC(C)N[C@H](C)C(=O)N[C@H]1CCC(N(C)C(=O)c2ccc(-c3nc4ccccc4o3)cc2)C1. The summed E-state index contributed by atoms with van der Waals surface area (Å²) in [5.41, 5.74) is 3.01. The molecule has 3 atom stereocenters. The van der Waals surface area contributed by atoms with Gasteiger partial charge in [0.1, 0.15) is 5.52 Å². The van der Waals surface area contributed by atoms with Crippen molar-refractivity contribution in [2.45, 2.75) is 64.2 Å². The topological polar surface area (TPSA) is 87.5 Å². The minimum atomic E-state index is -0.233. The smallest absolute Gasteiger partial charge is 0.253 e. The minimum Gasteiger partial charge on any atom is -0.436 e. The molecule has 2 N–H and O–H groups in total. The van der Waals surface area contributed by atoms with Crippen LogP contribution in [0.25, 0.3) is 22.6 Å². The third-order valence-electron chi connectivity index (χ3n) is 6.27. The summed E-state index contributed by atoms with van der Waals surface area (Å²) in [4.78, 5) is 31.8. The van der Waals surface area contributed by atoms with Crippen molar-refractivity contribution >= 4 is 22.9 Å². The van der Waals surface area contributed by atoms with Crippen LogP contribution in [0.2, 0.25) is 0 Å². The Bertz CT molecular complexity index is 1090. The molecule has 1 aliphatic carbocycles. The quantitative estimate of drug-likeness (QED) is 0.571. The monoisotopic (exact) mass is 448 g/mol. The molecular weight excluding hydrogens is 416 g/mol. The molecule has 0 aliphatic heterocycles. The molecule has 0 spiro atoms. The largest absolute Gasteiger partial charge is 0.436 e. The van der Waals surface area contributed by atoms with Gasteiger partial charge in [-0.15, -0.1) is 0 Å². The molecule has 1 fully saturated rings. The predicted molar refractivity (Wildman–Crippen MR) is 129 cm³/mol. The Morgan fingerprint density at radius 1 is 1.06 bits per heavy atom. The van der Waals surface area contributed by atoms with Crippen molar-refractivity contribution in [2.75, 3.05) is 7.05 Å². The van der Waals surface area contributed by atoms with E-state index in [-0.39, 0.29) is 36.0 Å². The van der Waals surface area contributed by atoms with Crippen LogP contribution in [0.4, 0.5) is 0 Å². The Labute approximate surface area is 194 Å². The van der Waals surface area contributed by atoms with Crippen LogP contribution in [0, 0.1) is 0 Å². The number of carbonyl (C=O) groups is 2. The van der Waals surface area contributed by atoms with Crippen LogP contribution in [0.15, 0.2) is 52.9 Å². The van der Waals surface area contributed by atoms with E-state index in [0.717, 1.165) is 35.9 Å². The van der Waals surface area contributed by atoms with Crippen molar-refractivity contribution in [3.63, 3.8) is 0 Å². The van der Waals surface area contributed by atoms with E-state index in [4.69, 9.17) is 4.42 Å². The van der Waals surface area contributed by atoms with Gasteiger partial charge in [-0.05, 0) is 62.6 Å². The van der Waals surface area contributed by atoms with E-state index in [2.05, 4.69) is 15.6 Å². The fourth-order valence-corrected chi connectivity index (χ4v) is 4.46. The summed E-state index contributed by atoms with van der Waals surface area (Å²) < 4.78 is 5.82. The normalized spacial score (nSPS) is 19.1. The molecule has 7 nitrogen and oxygen atoms in total. The molecule has 0 bridgehead atoms. The number of para-hydroxylation sites is 2. The summed E-state index contributed by atoms with van der Waals surface area (Å²) in [6.07, 6.45) is 2.52. The zero-order chi connectivity index (χ0) is 23.5. The van der Waals surface area contributed by atoms with Gasteiger partial charge in [-0.25, -0.2) is 4.98 Å². The van der Waals surface area contributed by atoms with Crippen LogP contribution in [-0.2, 0) is 4.79 Å². The van der Waals surface area contributed by atoms with Crippen molar-refractivity contribution in [3.8, 4) is 11.5 Å². The number of amides is 2. The van der Waals surface area contributed by atoms with Crippen LogP contribution in [0.3, 0.4) is 0 Å². The van der Waals surface area contributed by atoms with Crippen LogP contribution < -0.4 is 10.6 Å². The zero-order valence-electron chi connectivity index (χ0n) is 19.7. The van der Waals surface area contributed by atoms with E-state index in [1.165, 1.54) is 0 Å². The van der Waals surface area contributed by atoms with Crippen molar-refractivity contribution in [3.05, 3.63) is 54.1 Å². The molecule has 7 heteroatoms. The summed E-state index contributed by atoms with van der Waals surface area (Å²) >= 11 is 0. The number of rotatable bonds is 7. The second-order valence-electron chi connectivity index (χ2n) is 9.20. The zero-order valence-corrected chi connectivity index (χ0v) is 19.7. The average Bonchev–Trinajstić information content (AvgIpc) is 3.45. The Hall–Kier alpha value is -3.19. The van der Waals surface area contributed by atoms with Gasteiger partial charge >= 0.3 is 0 Å². The number of fused-ring (bicyclic) bond motifs is 1. The third-order valence-corrected chi connectivity index (χ3v) is 6.27. The predicted octanol–water partition coefficient (Wildman–Crippen LogP) is 3.99. The Kier molecular flexibility index (Phi) is 6.79.